The number of nitrogens with zero attached hydrogens (tertiary/aromatic N) is 1. The van der Waals surface area contributed by atoms with Crippen molar-refractivity contribution in [3.05, 3.63) is 34.9 Å². The van der Waals surface area contributed by atoms with Gasteiger partial charge in [0.05, 0.1) is 0 Å². The number of hydrogen-bond donors (Lipinski definition) is 1. The highest BCUT2D eigenvalue weighted by Crippen LogP contribution is 2.29. The number of nitrogens with one attached hydrogen (secondary N) is 1. The predicted molar refractivity (Wildman–Crippen MR) is 78.0 cm³/mol. The third-order valence-electron chi connectivity index (χ3n) is 4.09. The molecule has 1 aliphatic rings. The Morgan fingerprint density at radius 2 is 2.11 bits per heavy atom. The van der Waals surface area contributed by atoms with Crippen molar-refractivity contribution in [2.24, 2.45) is 0 Å². The van der Waals surface area contributed by atoms with Crippen LogP contribution in [0, 0.1) is 13.8 Å². The van der Waals surface area contributed by atoms with E-state index in [0.717, 1.165) is 0 Å². The summed E-state index contributed by atoms with van der Waals surface area (Å²) in [5.41, 5.74) is 4.27. The minimum absolute atomic E-state index is 0.528. The molecule has 100 valence electrons. The van der Waals surface area contributed by atoms with E-state index in [9.17, 15) is 0 Å². The molecule has 1 N–H and O–H groups in total. The summed E-state index contributed by atoms with van der Waals surface area (Å²) in [6.07, 6.45) is 3.88. The normalized spacial score (nSPS) is 21.5. The fraction of sp³-hybridized carbons (Fsp3) is 0.625. The molecule has 1 aromatic carbocycles. The summed E-state index contributed by atoms with van der Waals surface area (Å²) in [5, 5.41) is 3.62. The van der Waals surface area contributed by atoms with Crippen LogP contribution in [0.2, 0.25) is 0 Å². The van der Waals surface area contributed by atoms with Crippen molar-refractivity contribution >= 4 is 0 Å². The quantitative estimate of drug-likeness (QED) is 0.878. The average molecular weight is 246 g/mol. The lowest BCUT2D eigenvalue weighted by atomic mass is 9.93. The largest absolute Gasteiger partial charge is 0.314 e. The Morgan fingerprint density at radius 1 is 1.33 bits per heavy atom. The van der Waals surface area contributed by atoms with Crippen molar-refractivity contribution in [1.82, 2.24) is 10.2 Å². The molecule has 0 aromatic heterocycles. The van der Waals surface area contributed by atoms with Crippen molar-refractivity contribution in [3.63, 3.8) is 0 Å². The van der Waals surface area contributed by atoms with Crippen LogP contribution in [0.1, 0.15) is 42.0 Å². The fourth-order valence-corrected chi connectivity index (χ4v) is 2.96. The molecule has 1 fully saturated rings. The smallest absolute Gasteiger partial charge is 0.0359 e. The van der Waals surface area contributed by atoms with Gasteiger partial charge in [-0.2, -0.15) is 0 Å². The van der Waals surface area contributed by atoms with Crippen molar-refractivity contribution in [2.75, 3.05) is 20.6 Å². The van der Waals surface area contributed by atoms with E-state index in [1.807, 2.05) is 0 Å². The molecular weight excluding hydrogens is 220 g/mol. The second-order valence-electron chi connectivity index (χ2n) is 5.87. The molecule has 0 amide bonds. The van der Waals surface area contributed by atoms with Gasteiger partial charge in [-0.15, -0.1) is 0 Å². The second kappa shape index (κ2) is 5.85. The summed E-state index contributed by atoms with van der Waals surface area (Å²) in [7, 11) is 4.39. The van der Waals surface area contributed by atoms with Crippen molar-refractivity contribution in [3.8, 4) is 0 Å². The lowest BCUT2D eigenvalue weighted by molar-refractivity contribution is 0.262. The van der Waals surface area contributed by atoms with E-state index in [1.165, 1.54) is 42.5 Å². The molecule has 0 saturated carbocycles. The van der Waals surface area contributed by atoms with Gasteiger partial charge in [-0.1, -0.05) is 23.8 Å². The summed E-state index contributed by atoms with van der Waals surface area (Å²) in [6.45, 7) is 5.61. The summed E-state index contributed by atoms with van der Waals surface area (Å²) in [5.74, 6) is 0. The van der Waals surface area contributed by atoms with Crippen LogP contribution in [0.15, 0.2) is 18.2 Å². The molecule has 1 aliphatic heterocycles. The Balaban J connectivity index is 2.20. The van der Waals surface area contributed by atoms with Crippen LogP contribution in [0.4, 0.5) is 0 Å². The first-order valence-corrected chi connectivity index (χ1v) is 7.05. The van der Waals surface area contributed by atoms with Crippen LogP contribution in [-0.2, 0) is 0 Å². The SMILES string of the molecule is Cc1ccc(C)c(C(CC2CCCN2)N(C)C)c1. The van der Waals surface area contributed by atoms with Crippen LogP contribution >= 0.6 is 0 Å². The summed E-state index contributed by atoms with van der Waals surface area (Å²) in [6, 6.07) is 8.04. The van der Waals surface area contributed by atoms with E-state index < -0.39 is 0 Å². The predicted octanol–water partition coefficient (Wildman–Crippen LogP) is 3.05. The summed E-state index contributed by atoms with van der Waals surface area (Å²) in [4.78, 5) is 2.36. The maximum atomic E-state index is 3.62. The first kappa shape index (κ1) is 13.6. The minimum Gasteiger partial charge on any atom is -0.314 e. The number of hydrogen-bond acceptors (Lipinski definition) is 2. The number of rotatable bonds is 4. The number of benzene rings is 1. The van der Waals surface area contributed by atoms with Gasteiger partial charge in [0.25, 0.3) is 0 Å². The Hall–Kier alpha value is -0.860. The number of aryl methyl sites for hydroxylation is 2. The molecule has 2 atom stereocenters. The van der Waals surface area contributed by atoms with E-state index in [-0.39, 0.29) is 0 Å². The van der Waals surface area contributed by atoms with Crippen LogP contribution in [0.3, 0.4) is 0 Å². The fourth-order valence-electron chi connectivity index (χ4n) is 2.96. The first-order chi connectivity index (χ1) is 8.58. The van der Waals surface area contributed by atoms with Gasteiger partial charge >= 0.3 is 0 Å². The zero-order valence-electron chi connectivity index (χ0n) is 12.2. The zero-order chi connectivity index (χ0) is 13.1. The molecule has 1 heterocycles. The van der Waals surface area contributed by atoms with Crippen LogP contribution in [-0.4, -0.2) is 31.6 Å². The van der Waals surface area contributed by atoms with E-state index in [0.29, 0.717) is 12.1 Å². The first-order valence-electron chi connectivity index (χ1n) is 7.05. The van der Waals surface area contributed by atoms with Crippen molar-refractivity contribution < 1.29 is 0 Å². The molecule has 0 aliphatic carbocycles. The van der Waals surface area contributed by atoms with Crippen LogP contribution in [0.25, 0.3) is 0 Å². The molecule has 1 saturated heterocycles. The van der Waals surface area contributed by atoms with Gasteiger partial charge < -0.3 is 10.2 Å². The van der Waals surface area contributed by atoms with Crippen LogP contribution < -0.4 is 5.32 Å². The average Bonchev–Trinajstić information content (AvgIpc) is 2.82. The molecule has 2 nitrogen and oxygen atoms in total. The Bertz CT molecular complexity index is 392. The van der Waals surface area contributed by atoms with E-state index in [2.05, 4.69) is 56.4 Å². The third kappa shape index (κ3) is 3.12. The topological polar surface area (TPSA) is 15.3 Å². The molecule has 1 aromatic rings. The Labute approximate surface area is 111 Å². The maximum absolute atomic E-state index is 3.62. The molecule has 2 heteroatoms. The lowest BCUT2D eigenvalue weighted by Gasteiger charge is -2.29. The van der Waals surface area contributed by atoms with Crippen molar-refractivity contribution in [1.29, 1.82) is 0 Å². The van der Waals surface area contributed by atoms with Gasteiger partial charge in [0, 0.05) is 12.1 Å². The second-order valence-corrected chi connectivity index (χ2v) is 5.87. The lowest BCUT2D eigenvalue weighted by Crippen LogP contribution is -2.30. The van der Waals surface area contributed by atoms with E-state index >= 15 is 0 Å². The van der Waals surface area contributed by atoms with Gasteiger partial charge in [-0.3, -0.25) is 0 Å². The molecule has 0 radical (unpaired) electrons. The van der Waals surface area contributed by atoms with Gasteiger partial charge in [-0.05, 0) is 64.9 Å². The Morgan fingerprint density at radius 3 is 2.72 bits per heavy atom. The van der Waals surface area contributed by atoms with Gasteiger partial charge in [0.15, 0.2) is 0 Å². The standard InChI is InChI=1S/C16H26N2/c1-12-7-8-13(2)15(10-12)16(18(3)4)11-14-6-5-9-17-14/h7-8,10,14,16-17H,5-6,9,11H2,1-4H3. The maximum Gasteiger partial charge on any atom is 0.0359 e. The highest BCUT2D eigenvalue weighted by Gasteiger charge is 2.23. The molecule has 2 unspecified atom stereocenters. The highest BCUT2D eigenvalue weighted by atomic mass is 15.1. The van der Waals surface area contributed by atoms with Gasteiger partial charge in [-0.25, -0.2) is 0 Å². The zero-order valence-corrected chi connectivity index (χ0v) is 12.2. The van der Waals surface area contributed by atoms with E-state index in [1.54, 1.807) is 0 Å². The van der Waals surface area contributed by atoms with E-state index in [4.69, 9.17) is 0 Å². The molecule has 18 heavy (non-hydrogen) atoms. The molecule has 2 rings (SSSR count). The molecule has 0 spiro atoms. The third-order valence-corrected chi connectivity index (χ3v) is 4.09. The summed E-state index contributed by atoms with van der Waals surface area (Å²) >= 11 is 0. The minimum atomic E-state index is 0.528. The van der Waals surface area contributed by atoms with Gasteiger partial charge in [0.2, 0.25) is 0 Å². The van der Waals surface area contributed by atoms with Crippen LogP contribution in [0.5, 0.6) is 0 Å². The van der Waals surface area contributed by atoms with Gasteiger partial charge in [0.1, 0.15) is 0 Å². The molecule has 0 bridgehead atoms. The summed E-state index contributed by atoms with van der Waals surface area (Å²) < 4.78 is 0. The molecular formula is C16H26N2. The highest BCUT2D eigenvalue weighted by molar-refractivity contribution is 5.33. The Kier molecular flexibility index (Phi) is 4.41. The monoisotopic (exact) mass is 246 g/mol. The van der Waals surface area contributed by atoms with Crippen molar-refractivity contribution in [2.45, 2.75) is 45.2 Å².